The van der Waals surface area contributed by atoms with Crippen molar-refractivity contribution in [3.63, 3.8) is 0 Å². The van der Waals surface area contributed by atoms with Crippen LogP contribution in [0.4, 0.5) is 0 Å². The van der Waals surface area contributed by atoms with Crippen LogP contribution in [0.5, 0.6) is 0 Å². The summed E-state index contributed by atoms with van der Waals surface area (Å²) in [5, 5.41) is 9.30. The van der Waals surface area contributed by atoms with Crippen molar-refractivity contribution in [2.75, 3.05) is 0 Å². The maximum atomic E-state index is 11.8. The Kier molecular flexibility index (Phi) is 2.76. The molecule has 2 rings (SSSR count). The molecule has 0 aliphatic carbocycles. The summed E-state index contributed by atoms with van der Waals surface area (Å²) in [6.07, 6.45) is 1.61. The molecular weight excluding hydrogens is 224 g/mol. The molecule has 78 valence electrons. The highest BCUT2D eigenvalue weighted by Crippen LogP contribution is 2.13. The molecule has 0 radical (unpaired) electrons. The zero-order valence-electron chi connectivity index (χ0n) is 8.22. The van der Waals surface area contributed by atoms with Crippen molar-refractivity contribution in [3.05, 3.63) is 63.5 Å². The van der Waals surface area contributed by atoms with Crippen molar-refractivity contribution in [1.29, 1.82) is 5.26 Å². The number of nitrogens with zero attached hydrogens (tertiary/aromatic N) is 2. The molecule has 2 aromatic rings. The molecule has 1 aromatic carbocycles. The van der Waals surface area contributed by atoms with Crippen LogP contribution in [-0.2, 0) is 0 Å². The number of nitriles is 1. The molecule has 1 heterocycles. The lowest BCUT2D eigenvalue weighted by atomic mass is 10.2. The van der Waals surface area contributed by atoms with Gasteiger partial charge in [-0.25, -0.2) is 0 Å². The summed E-state index contributed by atoms with van der Waals surface area (Å²) in [7, 11) is 0. The summed E-state index contributed by atoms with van der Waals surface area (Å²) in [6.45, 7) is 0. The number of hydrogen-bond acceptors (Lipinski definition) is 2. The zero-order chi connectivity index (χ0) is 11.5. The van der Waals surface area contributed by atoms with Gasteiger partial charge in [-0.05, 0) is 30.3 Å². The highest BCUT2D eigenvalue weighted by Gasteiger charge is 2.03. The van der Waals surface area contributed by atoms with Crippen LogP contribution in [0.3, 0.4) is 0 Å². The van der Waals surface area contributed by atoms with Gasteiger partial charge in [0.05, 0.1) is 5.69 Å². The van der Waals surface area contributed by atoms with Gasteiger partial charge < -0.3 is 0 Å². The Bertz CT molecular complexity index is 625. The van der Waals surface area contributed by atoms with Crippen LogP contribution in [0.15, 0.2) is 47.4 Å². The van der Waals surface area contributed by atoms with Crippen molar-refractivity contribution in [2.45, 2.75) is 0 Å². The smallest absolute Gasteiger partial charge is 0.272 e. The molecule has 0 atom stereocenters. The van der Waals surface area contributed by atoms with Crippen LogP contribution in [0.25, 0.3) is 5.69 Å². The monoisotopic (exact) mass is 230 g/mol. The first-order valence-electron chi connectivity index (χ1n) is 4.60. The Morgan fingerprint density at radius 1 is 1.25 bits per heavy atom. The van der Waals surface area contributed by atoms with E-state index in [1.54, 1.807) is 36.5 Å². The molecular formula is C12H7ClN2O. The van der Waals surface area contributed by atoms with Crippen molar-refractivity contribution in [1.82, 2.24) is 4.57 Å². The zero-order valence-corrected chi connectivity index (χ0v) is 8.98. The van der Waals surface area contributed by atoms with Crippen LogP contribution >= 0.6 is 11.6 Å². The van der Waals surface area contributed by atoms with Crippen LogP contribution in [-0.4, -0.2) is 4.57 Å². The molecule has 0 bridgehead atoms. The molecule has 1 aromatic heterocycles. The third kappa shape index (κ3) is 1.83. The van der Waals surface area contributed by atoms with Crippen LogP contribution in [0, 0.1) is 11.3 Å². The lowest BCUT2D eigenvalue weighted by molar-refractivity contribution is 0.982. The first-order valence-corrected chi connectivity index (χ1v) is 4.98. The van der Waals surface area contributed by atoms with E-state index in [0.29, 0.717) is 10.7 Å². The molecule has 4 heteroatoms. The predicted octanol–water partition coefficient (Wildman–Crippen LogP) is 2.36. The van der Waals surface area contributed by atoms with Crippen molar-refractivity contribution in [3.8, 4) is 11.8 Å². The number of aromatic nitrogens is 1. The first-order chi connectivity index (χ1) is 7.72. The second-order valence-electron chi connectivity index (χ2n) is 3.19. The Hall–Kier alpha value is -2.05. The summed E-state index contributed by atoms with van der Waals surface area (Å²) < 4.78 is 1.39. The maximum absolute atomic E-state index is 11.8. The van der Waals surface area contributed by atoms with Crippen LogP contribution in [0.2, 0.25) is 5.02 Å². The SMILES string of the molecule is N#Cc1cccn(-c2cccc(Cl)c2)c1=O. The number of halogens is 1. The summed E-state index contributed by atoms with van der Waals surface area (Å²) in [5.74, 6) is 0. The van der Waals surface area contributed by atoms with Gasteiger partial charge in [0, 0.05) is 11.2 Å². The fraction of sp³-hybridized carbons (Fsp3) is 0. The van der Waals surface area contributed by atoms with Gasteiger partial charge in [0.2, 0.25) is 0 Å². The summed E-state index contributed by atoms with van der Waals surface area (Å²) in [4.78, 5) is 11.8. The van der Waals surface area contributed by atoms with E-state index in [4.69, 9.17) is 16.9 Å². The van der Waals surface area contributed by atoms with E-state index in [2.05, 4.69) is 0 Å². The van der Waals surface area contributed by atoms with Gasteiger partial charge in [0.15, 0.2) is 0 Å². The van der Waals surface area contributed by atoms with Gasteiger partial charge in [0.25, 0.3) is 5.56 Å². The second kappa shape index (κ2) is 4.21. The number of rotatable bonds is 1. The molecule has 0 unspecified atom stereocenters. The molecule has 0 amide bonds. The first kappa shape index (κ1) is 10.5. The van der Waals surface area contributed by atoms with Crippen molar-refractivity contribution < 1.29 is 0 Å². The van der Waals surface area contributed by atoms with Gasteiger partial charge >= 0.3 is 0 Å². The predicted molar refractivity (Wildman–Crippen MR) is 61.8 cm³/mol. The summed E-state index contributed by atoms with van der Waals surface area (Å²) in [5.41, 5.74) is 0.421. The van der Waals surface area contributed by atoms with Crippen LogP contribution in [0.1, 0.15) is 5.56 Å². The molecule has 0 aliphatic heterocycles. The normalized spacial score (nSPS) is 9.75. The third-order valence-corrected chi connectivity index (χ3v) is 2.39. The molecule has 0 spiro atoms. The largest absolute Gasteiger partial charge is 0.283 e. The molecule has 0 saturated heterocycles. The average Bonchev–Trinajstić information content (AvgIpc) is 2.29. The van der Waals surface area contributed by atoms with Gasteiger partial charge in [-0.2, -0.15) is 5.26 Å². The Labute approximate surface area is 97.1 Å². The van der Waals surface area contributed by atoms with E-state index in [1.165, 1.54) is 10.6 Å². The van der Waals surface area contributed by atoms with Gasteiger partial charge in [-0.1, -0.05) is 17.7 Å². The quantitative estimate of drug-likeness (QED) is 0.755. The molecule has 0 fully saturated rings. The Morgan fingerprint density at radius 2 is 2.06 bits per heavy atom. The van der Waals surface area contributed by atoms with E-state index >= 15 is 0 Å². The van der Waals surface area contributed by atoms with Gasteiger partial charge in [-0.15, -0.1) is 0 Å². The lowest BCUT2D eigenvalue weighted by Gasteiger charge is -2.05. The molecule has 0 N–H and O–H groups in total. The summed E-state index contributed by atoms with van der Waals surface area (Å²) in [6, 6.07) is 11.9. The number of hydrogen-bond donors (Lipinski definition) is 0. The minimum Gasteiger partial charge on any atom is -0.283 e. The van der Waals surface area contributed by atoms with E-state index < -0.39 is 0 Å². The molecule has 3 nitrogen and oxygen atoms in total. The van der Waals surface area contributed by atoms with Gasteiger partial charge in [0.1, 0.15) is 11.6 Å². The second-order valence-corrected chi connectivity index (χ2v) is 3.63. The summed E-state index contributed by atoms with van der Waals surface area (Å²) >= 11 is 5.84. The van der Waals surface area contributed by atoms with E-state index in [1.807, 2.05) is 6.07 Å². The van der Waals surface area contributed by atoms with Crippen molar-refractivity contribution >= 4 is 11.6 Å². The van der Waals surface area contributed by atoms with Crippen LogP contribution < -0.4 is 5.56 Å². The van der Waals surface area contributed by atoms with E-state index in [0.717, 1.165) is 0 Å². The average molecular weight is 231 g/mol. The fourth-order valence-electron chi connectivity index (χ4n) is 1.41. The standard InChI is InChI=1S/C12H7ClN2O/c13-10-4-1-5-11(7-10)15-6-2-3-9(8-14)12(15)16/h1-7H. The van der Waals surface area contributed by atoms with E-state index in [-0.39, 0.29) is 11.1 Å². The minimum atomic E-state index is -0.340. The maximum Gasteiger partial charge on any atom is 0.272 e. The molecule has 0 saturated carbocycles. The fourth-order valence-corrected chi connectivity index (χ4v) is 1.59. The Balaban J connectivity index is 2.67. The third-order valence-electron chi connectivity index (χ3n) is 2.15. The Morgan fingerprint density at radius 3 is 2.75 bits per heavy atom. The highest BCUT2D eigenvalue weighted by molar-refractivity contribution is 6.30. The minimum absolute atomic E-state index is 0.113. The number of pyridine rings is 1. The topological polar surface area (TPSA) is 45.8 Å². The number of benzene rings is 1. The molecule has 16 heavy (non-hydrogen) atoms. The van der Waals surface area contributed by atoms with Gasteiger partial charge in [-0.3, -0.25) is 9.36 Å². The highest BCUT2D eigenvalue weighted by atomic mass is 35.5. The molecule has 0 aliphatic rings. The van der Waals surface area contributed by atoms with E-state index in [9.17, 15) is 4.79 Å². The lowest BCUT2D eigenvalue weighted by Crippen LogP contribution is -2.19. The van der Waals surface area contributed by atoms with Crippen molar-refractivity contribution in [2.24, 2.45) is 0 Å².